The predicted octanol–water partition coefficient (Wildman–Crippen LogP) is 5.45. The van der Waals surface area contributed by atoms with Crippen molar-refractivity contribution in [1.29, 1.82) is 0 Å². The van der Waals surface area contributed by atoms with Crippen molar-refractivity contribution in [3.8, 4) is 11.3 Å². The van der Waals surface area contributed by atoms with Crippen LogP contribution in [0.15, 0.2) is 89.0 Å². The summed E-state index contributed by atoms with van der Waals surface area (Å²) in [6.07, 6.45) is 2.16. The van der Waals surface area contributed by atoms with Gasteiger partial charge >= 0.3 is 0 Å². The number of thioether (sulfide) groups is 1. The van der Waals surface area contributed by atoms with Crippen molar-refractivity contribution in [2.45, 2.75) is 36.9 Å². The molecule has 37 heavy (non-hydrogen) atoms. The van der Waals surface area contributed by atoms with E-state index in [-0.39, 0.29) is 23.1 Å². The van der Waals surface area contributed by atoms with Gasteiger partial charge in [-0.3, -0.25) is 9.10 Å². The molecule has 0 fully saturated rings. The first kappa shape index (κ1) is 25.0. The van der Waals surface area contributed by atoms with Crippen molar-refractivity contribution in [2.75, 3.05) is 15.4 Å². The second kappa shape index (κ2) is 10.4. The zero-order valence-electron chi connectivity index (χ0n) is 20.5. The minimum atomic E-state index is -3.88. The summed E-state index contributed by atoms with van der Waals surface area (Å²) >= 11 is 1.17. The number of nitrogens with one attached hydrogen (secondary N) is 1. The lowest BCUT2D eigenvalue weighted by Crippen LogP contribution is -2.34. The van der Waals surface area contributed by atoms with Crippen molar-refractivity contribution in [1.82, 2.24) is 9.97 Å². The number of hydrogen-bond acceptors (Lipinski definition) is 6. The lowest BCUT2D eigenvalue weighted by Gasteiger charge is -2.31. The van der Waals surface area contributed by atoms with E-state index in [2.05, 4.69) is 15.3 Å². The van der Waals surface area contributed by atoms with Gasteiger partial charge in [0.05, 0.1) is 29.9 Å². The molecule has 0 unspecified atom stereocenters. The lowest BCUT2D eigenvalue weighted by atomic mass is 10.1. The predicted molar refractivity (Wildman–Crippen MR) is 147 cm³/mol. The van der Waals surface area contributed by atoms with Gasteiger partial charge in [-0.05, 0) is 36.6 Å². The van der Waals surface area contributed by atoms with E-state index in [9.17, 15) is 13.2 Å². The molecule has 1 aromatic heterocycles. The van der Waals surface area contributed by atoms with Crippen LogP contribution >= 0.6 is 11.8 Å². The first-order chi connectivity index (χ1) is 17.9. The maximum absolute atomic E-state index is 13.7. The highest BCUT2D eigenvalue weighted by Gasteiger charge is 2.36. The number of aryl methyl sites for hydroxylation is 2. The minimum absolute atomic E-state index is 0.0592. The Kier molecular flexibility index (Phi) is 6.99. The molecular formula is C28H26N4O3S2. The molecule has 4 aromatic rings. The summed E-state index contributed by atoms with van der Waals surface area (Å²) < 4.78 is 28.7. The fraction of sp³-hybridized carbons (Fsp3) is 0.179. The molecule has 0 atom stereocenters. The third-order valence-electron chi connectivity index (χ3n) is 6.18. The van der Waals surface area contributed by atoms with E-state index in [0.717, 1.165) is 28.8 Å². The van der Waals surface area contributed by atoms with Gasteiger partial charge in [-0.2, -0.15) is 0 Å². The summed E-state index contributed by atoms with van der Waals surface area (Å²) in [7, 11) is -3.88. The second-order valence-corrected chi connectivity index (χ2v) is 11.5. The SMILES string of the molecule is CCc1ccccc1NC(=O)CSc1ncc2c(n1)-c1ccccc1N(Cc1ccc(C)cc1)S2(=O)=O. The molecule has 5 rings (SSSR count). The van der Waals surface area contributed by atoms with Gasteiger partial charge in [0, 0.05) is 11.3 Å². The van der Waals surface area contributed by atoms with E-state index >= 15 is 0 Å². The Morgan fingerprint density at radius 1 is 1.00 bits per heavy atom. The molecule has 0 spiro atoms. The number of benzene rings is 3. The lowest BCUT2D eigenvalue weighted by molar-refractivity contribution is -0.113. The summed E-state index contributed by atoms with van der Waals surface area (Å²) in [6.45, 7) is 4.23. The number of nitrogens with zero attached hydrogens (tertiary/aromatic N) is 3. The molecule has 0 radical (unpaired) electrons. The van der Waals surface area contributed by atoms with Crippen LogP contribution in [0.4, 0.5) is 11.4 Å². The van der Waals surface area contributed by atoms with Crippen LogP contribution in [0.25, 0.3) is 11.3 Å². The molecule has 7 nitrogen and oxygen atoms in total. The number of rotatable bonds is 7. The highest BCUT2D eigenvalue weighted by atomic mass is 32.2. The first-order valence-corrected chi connectivity index (χ1v) is 14.3. The maximum Gasteiger partial charge on any atom is 0.268 e. The van der Waals surface area contributed by atoms with E-state index in [1.54, 1.807) is 6.07 Å². The van der Waals surface area contributed by atoms with Crippen LogP contribution in [0.5, 0.6) is 0 Å². The highest BCUT2D eigenvalue weighted by molar-refractivity contribution is 7.99. The molecule has 1 N–H and O–H groups in total. The molecule has 2 heterocycles. The van der Waals surface area contributed by atoms with Crippen LogP contribution in [-0.2, 0) is 27.8 Å². The van der Waals surface area contributed by atoms with Crippen LogP contribution in [0, 0.1) is 6.92 Å². The fourth-order valence-electron chi connectivity index (χ4n) is 4.24. The maximum atomic E-state index is 13.7. The number of hydrogen-bond donors (Lipinski definition) is 1. The minimum Gasteiger partial charge on any atom is -0.325 e. The quantitative estimate of drug-likeness (QED) is 0.252. The van der Waals surface area contributed by atoms with E-state index in [4.69, 9.17) is 0 Å². The molecule has 1 aliphatic heterocycles. The molecule has 188 valence electrons. The standard InChI is InChI=1S/C28H26N4O3S2/c1-3-21-8-4-6-10-23(21)30-26(33)18-36-28-29-16-25-27(31-28)22-9-5-7-11-24(22)32(37(25,34)35)17-20-14-12-19(2)13-15-20/h4-16H,3,17-18H2,1-2H3,(H,30,33). The van der Waals surface area contributed by atoms with Gasteiger partial charge in [-0.15, -0.1) is 0 Å². The molecular weight excluding hydrogens is 504 g/mol. The smallest absolute Gasteiger partial charge is 0.268 e. The molecule has 0 saturated heterocycles. The number of carbonyl (C=O) groups excluding carboxylic acids is 1. The highest BCUT2D eigenvalue weighted by Crippen LogP contribution is 2.42. The van der Waals surface area contributed by atoms with Crippen molar-refractivity contribution in [3.63, 3.8) is 0 Å². The van der Waals surface area contributed by atoms with E-state index in [0.29, 0.717) is 22.1 Å². The second-order valence-electron chi connectivity index (χ2n) is 8.73. The monoisotopic (exact) mass is 530 g/mol. The number of carbonyl (C=O) groups is 1. The molecule has 1 amide bonds. The van der Waals surface area contributed by atoms with Crippen LogP contribution < -0.4 is 9.62 Å². The average Bonchev–Trinajstić information content (AvgIpc) is 2.91. The third kappa shape index (κ3) is 5.10. The third-order valence-corrected chi connectivity index (χ3v) is 8.80. The Hall–Kier alpha value is -3.69. The van der Waals surface area contributed by atoms with Crippen molar-refractivity contribution < 1.29 is 13.2 Å². The Bertz CT molecular complexity index is 1570. The first-order valence-electron chi connectivity index (χ1n) is 11.9. The van der Waals surface area contributed by atoms with Crippen molar-refractivity contribution in [2.24, 2.45) is 0 Å². The Morgan fingerprint density at radius 3 is 2.51 bits per heavy atom. The number of aromatic nitrogens is 2. The fourth-order valence-corrected chi connectivity index (χ4v) is 6.42. The topological polar surface area (TPSA) is 92.3 Å². The van der Waals surface area contributed by atoms with Crippen LogP contribution in [0.2, 0.25) is 0 Å². The van der Waals surface area contributed by atoms with Crippen LogP contribution in [0.1, 0.15) is 23.6 Å². The van der Waals surface area contributed by atoms with Gasteiger partial charge in [-0.25, -0.2) is 18.4 Å². The van der Waals surface area contributed by atoms with E-state index in [1.807, 2.05) is 80.6 Å². The summed E-state index contributed by atoms with van der Waals surface area (Å²) in [5.41, 5.74) is 5.47. The summed E-state index contributed by atoms with van der Waals surface area (Å²) in [5, 5.41) is 3.28. The average molecular weight is 531 g/mol. The van der Waals surface area contributed by atoms with Crippen LogP contribution in [-0.4, -0.2) is 30.0 Å². The Balaban J connectivity index is 1.40. The molecule has 3 aromatic carbocycles. The summed E-state index contributed by atoms with van der Waals surface area (Å²) in [6, 6.07) is 22.8. The van der Waals surface area contributed by atoms with Crippen molar-refractivity contribution >= 4 is 39.1 Å². The van der Waals surface area contributed by atoms with Gasteiger partial charge in [0.2, 0.25) is 5.91 Å². The number of para-hydroxylation sites is 2. The van der Waals surface area contributed by atoms with Crippen LogP contribution in [0.3, 0.4) is 0 Å². The molecule has 1 aliphatic rings. The number of anilines is 2. The van der Waals surface area contributed by atoms with E-state index in [1.165, 1.54) is 22.3 Å². The molecule has 0 aliphatic carbocycles. The molecule has 9 heteroatoms. The van der Waals surface area contributed by atoms with Gasteiger partial charge in [0.15, 0.2) is 5.16 Å². The van der Waals surface area contributed by atoms with E-state index < -0.39 is 10.0 Å². The normalized spacial score (nSPS) is 13.5. The van der Waals surface area contributed by atoms with Gasteiger partial charge < -0.3 is 5.32 Å². The molecule has 0 bridgehead atoms. The Morgan fingerprint density at radius 2 is 1.73 bits per heavy atom. The number of amides is 1. The Labute approximate surface area is 221 Å². The zero-order valence-corrected chi connectivity index (χ0v) is 22.1. The largest absolute Gasteiger partial charge is 0.325 e. The zero-order chi connectivity index (χ0) is 26.0. The summed E-state index contributed by atoms with van der Waals surface area (Å²) in [5.74, 6) is -0.0744. The number of fused-ring (bicyclic) bond motifs is 3. The molecule has 0 saturated carbocycles. The summed E-state index contributed by atoms with van der Waals surface area (Å²) in [4.78, 5) is 21.5. The van der Waals surface area contributed by atoms with Gasteiger partial charge in [0.1, 0.15) is 4.90 Å². The van der Waals surface area contributed by atoms with Crippen molar-refractivity contribution in [3.05, 3.63) is 95.7 Å². The van der Waals surface area contributed by atoms with Gasteiger partial charge in [0.25, 0.3) is 10.0 Å². The number of sulfonamides is 1. The van der Waals surface area contributed by atoms with Gasteiger partial charge in [-0.1, -0.05) is 84.9 Å².